The summed E-state index contributed by atoms with van der Waals surface area (Å²) in [7, 11) is 0. The highest BCUT2D eigenvalue weighted by molar-refractivity contribution is 6.35. The molecule has 2 aromatic rings. The number of ether oxygens (including phenoxy) is 1. The summed E-state index contributed by atoms with van der Waals surface area (Å²) in [6.45, 7) is -0.479. The summed E-state index contributed by atoms with van der Waals surface area (Å²) < 4.78 is 20.2. The molecule has 1 saturated heterocycles. The SMILES string of the molecule is Nc1nc(F)c(Cl)c2c1ncn2C1O[C@H](CO)[C@@H](O)[C@H]1O. The fourth-order valence-corrected chi connectivity index (χ4v) is 2.60. The Kier molecular flexibility index (Phi) is 3.46. The molecule has 4 atom stereocenters. The minimum atomic E-state index is -1.34. The first kappa shape index (κ1) is 14.4. The Morgan fingerprint density at radius 1 is 1.43 bits per heavy atom. The molecule has 3 rings (SSSR count). The Labute approximate surface area is 122 Å². The van der Waals surface area contributed by atoms with Crippen LogP contribution in [0.5, 0.6) is 0 Å². The van der Waals surface area contributed by atoms with Crippen molar-refractivity contribution in [2.24, 2.45) is 0 Å². The maximum Gasteiger partial charge on any atom is 0.235 e. The van der Waals surface area contributed by atoms with E-state index in [1.807, 2.05) is 0 Å². The van der Waals surface area contributed by atoms with Gasteiger partial charge in [-0.25, -0.2) is 4.98 Å². The maximum atomic E-state index is 13.6. The molecule has 0 amide bonds. The molecule has 0 spiro atoms. The first-order chi connectivity index (χ1) is 9.95. The van der Waals surface area contributed by atoms with Gasteiger partial charge in [0, 0.05) is 0 Å². The Hall–Kier alpha value is -1.52. The van der Waals surface area contributed by atoms with Crippen molar-refractivity contribution in [2.45, 2.75) is 24.5 Å². The summed E-state index contributed by atoms with van der Waals surface area (Å²) in [4.78, 5) is 7.38. The van der Waals surface area contributed by atoms with Crippen molar-refractivity contribution in [1.82, 2.24) is 14.5 Å². The van der Waals surface area contributed by atoms with E-state index in [0.717, 1.165) is 0 Å². The largest absolute Gasteiger partial charge is 0.394 e. The lowest BCUT2D eigenvalue weighted by atomic mass is 10.1. The highest BCUT2D eigenvalue weighted by Gasteiger charge is 2.44. The van der Waals surface area contributed by atoms with Crippen LogP contribution in [-0.2, 0) is 4.74 Å². The smallest absolute Gasteiger partial charge is 0.235 e. The molecule has 8 nitrogen and oxygen atoms in total. The molecule has 0 saturated carbocycles. The van der Waals surface area contributed by atoms with E-state index in [1.165, 1.54) is 10.9 Å². The third kappa shape index (κ3) is 2.05. The van der Waals surface area contributed by atoms with Crippen molar-refractivity contribution in [3.63, 3.8) is 0 Å². The van der Waals surface area contributed by atoms with Gasteiger partial charge in [-0.15, -0.1) is 0 Å². The fraction of sp³-hybridized carbons (Fsp3) is 0.455. The molecule has 5 N–H and O–H groups in total. The van der Waals surface area contributed by atoms with Crippen LogP contribution in [0.1, 0.15) is 6.23 Å². The van der Waals surface area contributed by atoms with Crippen molar-refractivity contribution in [1.29, 1.82) is 0 Å². The van der Waals surface area contributed by atoms with Gasteiger partial charge in [0.1, 0.15) is 28.9 Å². The Morgan fingerprint density at radius 2 is 2.14 bits per heavy atom. The van der Waals surface area contributed by atoms with Crippen LogP contribution in [0.3, 0.4) is 0 Å². The third-order valence-corrected chi connectivity index (χ3v) is 3.77. The van der Waals surface area contributed by atoms with Crippen LogP contribution in [0, 0.1) is 5.95 Å². The van der Waals surface area contributed by atoms with Gasteiger partial charge >= 0.3 is 0 Å². The van der Waals surface area contributed by atoms with Gasteiger partial charge in [0.2, 0.25) is 5.95 Å². The maximum absolute atomic E-state index is 13.6. The van der Waals surface area contributed by atoms with Gasteiger partial charge < -0.3 is 25.8 Å². The lowest BCUT2D eigenvalue weighted by Gasteiger charge is -2.17. The predicted molar refractivity (Wildman–Crippen MR) is 69.9 cm³/mol. The summed E-state index contributed by atoms with van der Waals surface area (Å²) in [5, 5.41) is 28.5. The molecule has 1 aliphatic heterocycles. The number of hydrogen-bond acceptors (Lipinski definition) is 7. The third-order valence-electron chi connectivity index (χ3n) is 3.44. The number of imidazole rings is 1. The average Bonchev–Trinajstić information content (AvgIpc) is 3.00. The second-order valence-electron chi connectivity index (χ2n) is 4.68. The van der Waals surface area contributed by atoms with Crippen molar-refractivity contribution in [2.75, 3.05) is 12.3 Å². The molecule has 3 heterocycles. The second-order valence-corrected chi connectivity index (χ2v) is 5.06. The summed E-state index contributed by atoms with van der Waals surface area (Å²) >= 11 is 5.87. The van der Waals surface area contributed by atoms with E-state index in [0.29, 0.717) is 0 Å². The van der Waals surface area contributed by atoms with E-state index in [-0.39, 0.29) is 21.9 Å². The zero-order valence-electron chi connectivity index (χ0n) is 10.5. The Bertz CT molecular complexity index is 696. The highest BCUT2D eigenvalue weighted by Crippen LogP contribution is 2.35. The number of aromatic nitrogens is 3. The standard InChI is InChI=1S/C11H12ClFN4O4/c12-4-6-5(10(14)16-9(4)13)15-2-17(6)11-8(20)7(19)3(1-18)21-11/h2-3,7-8,11,18-20H,1H2,(H2,14,16)/t3-,7-,8-,11?/m1/s1. The molecule has 10 heteroatoms. The van der Waals surface area contributed by atoms with E-state index in [4.69, 9.17) is 27.2 Å². The lowest BCUT2D eigenvalue weighted by molar-refractivity contribution is -0.0508. The van der Waals surface area contributed by atoms with Crippen molar-refractivity contribution in [3.05, 3.63) is 17.3 Å². The number of aliphatic hydroxyl groups excluding tert-OH is 3. The first-order valence-corrected chi connectivity index (χ1v) is 6.43. The quantitative estimate of drug-likeness (QED) is 0.545. The molecule has 1 fully saturated rings. The van der Waals surface area contributed by atoms with E-state index in [2.05, 4.69) is 9.97 Å². The zero-order valence-corrected chi connectivity index (χ0v) is 11.3. The van der Waals surface area contributed by atoms with Gasteiger partial charge in [0.15, 0.2) is 12.0 Å². The molecular weight excluding hydrogens is 307 g/mol. The molecule has 0 radical (unpaired) electrons. The summed E-state index contributed by atoms with van der Waals surface area (Å²) in [5.41, 5.74) is 5.82. The molecule has 2 aromatic heterocycles. The predicted octanol–water partition coefficient (Wildman–Crippen LogP) is -0.583. The summed E-state index contributed by atoms with van der Waals surface area (Å²) in [5.74, 6) is -1.13. The molecule has 0 aliphatic carbocycles. The fourth-order valence-electron chi connectivity index (χ4n) is 2.37. The van der Waals surface area contributed by atoms with Gasteiger partial charge in [-0.2, -0.15) is 9.37 Å². The summed E-state index contributed by atoms with van der Waals surface area (Å²) in [6.07, 6.45) is -3.44. The minimum absolute atomic E-state index is 0.0940. The van der Waals surface area contributed by atoms with Gasteiger partial charge in [-0.1, -0.05) is 11.6 Å². The van der Waals surface area contributed by atoms with Crippen molar-refractivity contribution < 1.29 is 24.4 Å². The highest BCUT2D eigenvalue weighted by atomic mass is 35.5. The van der Waals surface area contributed by atoms with Crippen LogP contribution in [0.2, 0.25) is 5.02 Å². The lowest BCUT2D eigenvalue weighted by Crippen LogP contribution is -2.33. The van der Waals surface area contributed by atoms with Gasteiger partial charge in [-0.3, -0.25) is 4.57 Å². The van der Waals surface area contributed by atoms with Crippen LogP contribution in [-0.4, -0.2) is 54.8 Å². The van der Waals surface area contributed by atoms with E-state index < -0.39 is 37.1 Å². The number of fused-ring (bicyclic) bond motifs is 1. The molecule has 114 valence electrons. The Balaban J connectivity index is 2.14. The molecule has 21 heavy (non-hydrogen) atoms. The molecule has 0 bridgehead atoms. The van der Waals surface area contributed by atoms with Crippen molar-refractivity contribution >= 4 is 28.5 Å². The monoisotopic (exact) mass is 318 g/mol. The number of rotatable bonds is 2. The number of nitrogen functional groups attached to an aromatic ring is 1. The van der Waals surface area contributed by atoms with E-state index in [1.54, 1.807) is 0 Å². The Morgan fingerprint density at radius 3 is 2.76 bits per heavy atom. The first-order valence-electron chi connectivity index (χ1n) is 6.05. The molecule has 0 aromatic carbocycles. The van der Waals surface area contributed by atoms with Gasteiger partial charge in [-0.05, 0) is 0 Å². The molecular formula is C11H12ClFN4O4. The molecule has 1 unspecified atom stereocenters. The van der Waals surface area contributed by atoms with Crippen LogP contribution < -0.4 is 5.73 Å². The van der Waals surface area contributed by atoms with E-state index >= 15 is 0 Å². The number of nitrogens with zero attached hydrogens (tertiary/aromatic N) is 3. The number of halogens is 2. The van der Waals surface area contributed by atoms with Crippen molar-refractivity contribution in [3.8, 4) is 0 Å². The average molecular weight is 319 g/mol. The van der Waals surface area contributed by atoms with Gasteiger partial charge in [0.25, 0.3) is 0 Å². The second kappa shape index (κ2) is 5.04. The number of hydrogen-bond donors (Lipinski definition) is 4. The summed E-state index contributed by atoms with van der Waals surface area (Å²) in [6, 6.07) is 0. The molecule has 1 aliphatic rings. The normalized spacial score (nSPS) is 29.4. The number of nitrogens with two attached hydrogens (primary N) is 1. The topological polar surface area (TPSA) is 127 Å². The number of aliphatic hydroxyl groups is 3. The zero-order chi connectivity index (χ0) is 15.3. The van der Waals surface area contributed by atoms with Crippen LogP contribution in [0.15, 0.2) is 6.33 Å². The number of pyridine rings is 1. The van der Waals surface area contributed by atoms with E-state index in [9.17, 15) is 14.6 Å². The van der Waals surface area contributed by atoms with Gasteiger partial charge in [0.05, 0.1) is 18.5 Å². The van der Waals surface area contributed by atoms with Crippen LogP contribution >= 0.6 is 11.6 Å². The van der Waals surface area contributed by atoms with Crippen LogP contribution in [0.4, 0.5) is 10.2 Å². The number of anilines is 1. The minimum Gasteiger partial charge on any atom is -0.394 e. The van der Waals surface area contributed by atoms with Crippen LogP contribution in [0.25, 0.3) is 11.0 Å².